The maximum atomic E-state index is 9.38. The number of aryl methyl sites for hydroxylation is 1. The molecule has 0 amide bonds. The van der Waals surface area contributed by atoms with E-state index in [4.69, 9.17) is 4.74 Å². The van der Waals surface area contributed by atoms with Crippen LogP contribution in [0.2, 0.25) is 0 Å². The van der Waals surface area contributed by atoms with Crippen molar-refractivity contribution in [1.82, 2.24) is 0 Å². The summed E-state index contributed by atoms with van der Waals surface area (Å²) in [4.78, 5) is 0. The monoisotopic (exact) mass is 298 g/mol. The summed E-state index contributed by atoms with van der Waals surface area (Å²) in [5, 5.41) is 18.7. The van der Waals surface area contributed by atoms with Crippen LogP contribution in [0.1, 0.15) is 42.9 Å². The minimum Gasteiger partial charge on any atom is -0.508 e. The quantitative estimate of drug-likeness (QED) is 0.882. The molecule has 3 nitrogen and oxygen atoms in total. The number of hydrogen-bond donors (Lipinski definition) is 2. The number of aromatic hydroxyl groups is 2. The van der Waals surface area contributed by atoms with E-state index in [-0.39, 0.29) is 12.2 Å². The Morgan fingerprint density at radius 3 is 2.18 bits per heavy atom. The Bertz CT molecular complexity index is 589. The molecule has 0 aliphatic carbocycles. The van der Waals surface area contributed by atoms with Crippen molar-refractivity contribution in [2.24, 2.45) is 0 Å². The molecule has 0 unspecified atom stereocenters. The van der Waals surface area contributed by atoms with Gasteiger partial charge < -0.3 is 14.9 Å². The molecule has 2 atom stereocenters. The predicted octanol–water partition coefficient (Wildman–Crippen LogP) is 4.34. The van der Waals surface area contributed by atoms with Crippen molar-refractivity contribution in [2.75, 3.05) is 0 Å². The molecule has 0 radical (unpaired) electrons. The van der Waals surface area contributed by atoms with Gasteiger partial charge in [-0.05, 0) is 67.5 Å². The first-order chi connectivity index (χ1) is 10.7. The van der Waals surface area contributed by atoms with E-state index in [1.165, 1.54) is 12.0 Å². The number of phenolic OH excluding ortho intramolecular Hbond substituents is 2. The van der Waals surface area contributed by atoms with Crippen LogP contribution < -0.4 is 0 Å². The van der Waals surface area contributed by atoms with Crippen molar-refractivity contribution >= 4 is 0 Å². The highest BCUT2D eigenvalue weighted by atomic mass is 16.5. The van der Waals surface area contributed by atoms with E-state index >= 15 is 0 Å². The van der Waals surface area contributed by atoms with Crippen LogP contribution in [-0.4, -0.2) is 16.3 Å². The van der Waals surface area contributed by atoms with Gasteiger partial charge in [0.05, 0.1) is 12.2 Å². The van der Waals surface area contributed by atoms with Crippen molar-refractivity contribution in [3.05, 3.63) is 59.7 Å². The van der Waals surface area contributed by atoms with E-state index in [1.807, 2.05) is 24.3 Å². The molecule has 0 spiro atoms. The molecule has 2 N–H and O–H groups in total. The maximum absolute atomic E-state index is 9.38. The Morgan fingerprint density at radius 1 is 0.864 bits per heavy atom. The van der Waals surface area contributed by atoms with Crippen LogP contribution >= 0.6 is 0 Å². The van der Waals surface area contributed by atoms with Gasteiger partial charge in [-0.3, -0.25) is 0 Å². The van der Waals surface area contributed by atoms with E-state index in [2.05, 4.69) is 0 Å². The lowest BCUT2D eigenvalue weighted by Crippen LogP contribution is -2.23. The molecule has 0 aromatic heterocycles. The zero-order valence-electron chi connectivity index (χ0n) is 12.6. The van der Waals surface area contributed by atoms with Crippen LogP contribution in [0, 0.1) is 0 Å². The molecule has 3 heteroatoms. The minimum atomic E-state index is 0.138. The third kappa shape index (κ3) is 3.80. The third-order valence-corrected chi connectivity index (χ3v) is 4.31. The van der Waals surface area contributed by atoms with Gasteiger partial charge in [-0.2, -0.15) is 0 Å². The lowest BCUT2D eigenvalue weighted by Gasteiger charge is -2.30. The number of ether oxygens (including phenoxy) is 1. The molecule has 1 fully saturated rings. The van der Waals surface area contributed by atoms with Gasteiger partial charge in [-0.15, -0.1) is 0 Å². The summed E-state index contributed by atoms with van der Waals surface area (Å²) < 4.78 is 6.23. The van der Waals surface area contributed by atoms with Crippen molar-refractivity contribution in [1.29, 1.82) is 0 Å². The van der Waals surface area contributed by atoms with E-state index in [0.717, 1.165) is 31.2 Å². The summed E-state index contributed by atoms with van der Waals surface area (Å²) >= 11 is 0. The summed E-state index contributed by atoms with van der Waals surface area (Å²) in [6.45, 7) is 0. The summed E-state index contributed by atoms with van der Waals surface area (Å²) in [7, 11) is 0. The molecule has 0 bridgehead atoms. The average molecular weight is 298 g/mol. The Balaban J connectivity index is 1.56. The molecule has 22 heavy (non-hydrogen) atoms. The molecule has 1 aliphatic rings. The largest absolute Gasteiger partial charge is 0.508 e. The van der Waals surface area contributed by atoms with E-state index in [1.54, 1.807) is 24.3 Å². The number of phenols is 2. The second-order valence-corrected chi connectivity index (χ2v) is 5.97. The van der Waals surface area contributed by atoms with Gasteiger partial charge in [0.1, 0.15) is 11.5 Å². The fourth-order valence-corrected chi connectivity index (χ4v) is 3.04. The summed E-state index contributed by atoms with van der Waals surface area (Å²) in [6, 6.07) is 14.7. The fourth-order valence-electron chi connectivity index (χ4n) is 3.04. The molecular formula is C19H22O3. The van der Waals surface area contributed by atoms with Gasteiger partial charge in [0.25, 0.3) is 0 Å². The van der Waals surface area contributed by atoms with E-state index < -0.39 is 0 Å². The van der Waals surface area contributed by atoms with Gasteiger partial charge >= 0.3 is 0 Å². The van der Waals surface area contributed by atoms with Crippen molar-refractivity contribution in [3.8, 4) is 11.5 Å². The second-order valence-electron chi connectivity index (χ2n) is 5.97. The van der Waals surface area contributed by atoms with Gasteiger partial charge in [0.2, 0.25) is 0 Å². The molecule has 2 aromatic rings. The lowest BCUT2D eigenvalue weighted by atomic mass is 9.95. The number of hydrogen-bond acceptors (Lipinski definition) is 3. The normalized spacial score (nSPS) is 21.6. The highest BCUT2D eigenvalue weighted by molar-refractivity contribution is 5.28. The fraction of sp³-hybridized carbons (Fsp3) is 0.368. The molecule has 1 aliphatic heterocycles. The highest BCUT2D eigenvalue weighted by Gasteiger charge is 2.23. The number of benzene rings is 2. The van der Waals surface area contributed by atoms with Crippen molar-refractivity contribution in [2.45, 2.75) is 44.3 Å². The smallest absolute Gasteiger partial charge is 0.115 e. The predicted molar refractivity (Wildman–Crippen MR) is 86.0 cm³/mol. The molecule has 2 aromatic carbocycles. The van der Waals surface area contributed by atoms with Crippen LogP contribution in [0.25, 0.3) is 0 Å². The van der Waals surface area contributed by atoms with Crippen LogP contribution in [0.4, 0.5) is 0 Å². The van der Waals surface area contributed by atoms with Gasteiger partial charge in [0, 0.05) is 0 Å². The first-order valence-electron chi connectivity index (χ1n) is 7.93. The SMILES string of the molecule is Oc1ccc(CC[C@H]2CCC[C@@H](c3ccc(O)cc3)O2)cc1. The Hall–Kier alpha value is -2.00. The summed E-state index contributed by atoms with van der Waals surface area (Å²) in [5.74, 6) is 0.605. The molecule has 116 valence electrons. The number of rotatable bonds is 4. The average Bonchev–Trinajstić information content (AvgIpc) is 2.55. The van der Waals surface area contributed by atoms with Crippen molar-refractivity contribution in [3.63, 3.8) is 0 Å². The third-order valence-electron chi connectivity index (χ3n) is 4.31. The van der Waals surface area contributed by atoms with Gasteiger partial charge in [-0.25, -0.2) is 0 Å². The first kappa shape index (κ1) is 14.9. The van der Waals surface area contributed by atoms with Crippen LogP contribution in [-0.2, 0) is 11.2 Å². The van der Waals surface area contributed by atoms with E-state index in [9.17, 15) is 10.2 Å². The van der Waals surface area contributed by atoms with Crippen LogP contribution in [0.5, 0.6) is 11.5 Å². The molecule has 0 saturated carbocycles. The van der Waals surface area contributed by atoms with Crippen LogP contribution in [0.15, 0.2) is 48.5 Å². The molecule has 1 saturated heterocycles. The zero-order valence-corrected chi connectivity index (χ0v) is 12.6. The van der Waals surface area contributed by atoms with Gasteiger partial charge in [0.15, 0.2) is 0 Å². The Morgan fingerprint density at radius 2 is 1.50 bits per heavy atom. The topological polar surface area (TPSA) is 49.7 Å². The minimum absolute atomic E-state index is 0.138. The molecule has 3 rings (SSSR count). The van der Waals surface area contributed by atoms with Crippen LogP contribution in [0.3, 0.4) is 0 Å². The first-order valence-corrected chi connectivity index (χ1v) is 7.93. The van der Waals surface area contributed by atoms with Gasteiger partial charge in [-0.1, -0.05) is 24.3 Å². The summed E-state index contributed by atoms with van der Waals surface area (Å²) in [5.41, 5.74) is 2.38. The lowest BCUT2D eigenvalue weighted by molar-refractivity contribution is -0.0546. The highest BCUT2D eigenvalue weighted by Crippen LogP contribution is 2.33. The molecule has 1 heterocycles. The Labute approximate surface area is 131 Å². The standard InChI is InChI=1S/C19H22O3/c20-16-9-4-14(5-10-16)6-13-18-2-1-3-19(22-18)15-7-11-17(21)12-8-15/h4-5,7-12,18-21H,1-3,6,13H2/t18-,19+/m1/s1. The van der Waals surface area contributed by atoms with Crippen molar-refractivity contribution < 1.29 is 14.9 Å². The van der Waals surface area contributed by atoms with E-state index in [0.29, 0.717) is 11.5 Å². The Kier molecular flexibility index (Phi) is 4.64. The maximum Gasteiger partial charge on any atom is 0.115 e. The summed E-state index contributed by atoms with van der Waals surface area (Å²) in [6.07, 6.45) is 5.70. The zero-order chi connectivity index (χ0) is 15.4. The second kappa shape index (κ2) is 6.84. The molecular weight excluding hydrogens is 276 g/mol.